The number of carbonyl (C=O) groups excluding carboxylic acids is 1. The van der Waals surface area contributed by atoms with Crippen LogP contribution in [-0.2, 0) is 11.3 Å². The van der Waals surface area contributed by atoms with Crippen LogP contribution in [0.4, 0.5) is 0 Å². The zero-order valence-electron chi connectivity index (χ0n) is 12.2. The molecule has 0 saturated heterocycles. The van der Waals surface area contributed by atoms with Gasteiger partial charge in [0.1, 0.15) is 5.60 Å². The summed E-state index contributed by atoms with van der Waals surface area (Å²) in [5.41, 5.74) is 3.46. The lowest BCUT2D eigenvalue weighted by molar-refractivity contribution is -0.146. The van der Waals surface area contributed by atoms with Gasteiger partial charge in [-0.15, -0.1) is 0 Å². The van der Waals surface area contributed by atoms with Crippen LogP contribution in [0.25, 0.3) is 0 Å². The molecule has 18 heavy (non-hydrogen) atoms. The second-order valence-electron chi connectivity index (χ2n) is 5.58. The van der Waals surface area contributed by atoms with Crippen molar-refractivity contribution in [3.05, 3.63) is 34.4 Å². The summed E-state index contributed by atoms with van der Waals surface area (Å²) in [5.74, 6) is -0.264. The molecule has 0 fully saturated rings. The first kappa shape index (κ1) is 14.7. The van der Waals surface area contributed by atoms with Crippen molar-refractivity contribution in [2.75, 3.05) is 7.05 Å². The summed E-state index contributed by atoms with van der Waals surface area (Å²) >= 11 is 0. The highest BCUT2D eigenvalue weighted by atomic mass is 16.3. The van der Waals surface area contributed by atoms with E-state index < -0.39 is 5.60 Å². The predicted octanol–water partition coefficient (Wildman–Crippen LogP) is 2.34. The zero-order valence-corrected chi connectivity index (χ0v) is 12.2. The highest BCUT2D eigenvalue weighted by molar-refractivity contribution is 5.83. The molecule has 0 aliphatic carbocycles. The number of benzene rings is 1. The van der Waals surface area contributed by atoms with Crippen LogP contribution in [0.5, 0.6) is 0 Å². The lowest BCUT2D eigenvalue weighted by atomic mass is 10.00. The summed E-state index contributed by atoms with van der Waals surface area (Å²) in [6.07, 6.45) is 0. The maximum Gasteiger partial charge on any atom is 0.253 e. The van der Waals surface area contributed by atoms with E-state index in [9.17, 15) is 9.90 Å². The van der Waals surface area contributed by atoms with Crippen LogP contribution in [0.2, 0.25) is 0 Å². The van der Waals surface area contributed by atoms with Crippen LogP contribution in [0, 0.1) is 20.8 Å². The Morgan fingerprint density at radius 1 is 1.17 bits per heavy atom. The van der Waals surface area contributed by atoms with E-state index in [-0.39, 0.29) is 5.91 Å². The third-order valence-electron chi connectivity index (χ3n) is 3.23. The van der Waals surface area contributed by atoms with Crippen LogP contribution in [0.3, 0.4) is 0 Å². The molecule has 0 unspecified atom stereocenters. The minimum atomic E-state index is -1.32. The molecule has 0 radical (unpaired) electrons. The lowest BCUT2D eigenvalue weighted by Crippen LogP contribution is -2.42. The fourth-order valence-corrected chi connectivity index (χ4v) is 1.99. The Hall–Kier alpha value is -1.35. The smallest absolute Gasteiger partial charge is 0.253 e. The van der Waals surface area contributed by atoms with E-state index in [2.05, 4.69) is 26.0 Å². The molecule has 0 spiro atoms. The third-order valence-corrected chi connectivity index (χ3v) is 3.23. The third kappa shape index (κ3) is 3.33. The predicted molar refractivity (Wildman–Crippen MR) is 73.4 cm³/mol. The average molecular weight is 249 g/mol. The van der Waals surface area contributed by atoms with Gasteiger partial charge in [0, 0.05) is 13.6 Å². The van der Waals surface area contributed by atoms with E-state index in [4.69, 9.17) is 0 Å². The van der Waals surface area contributed by atoms with Crippen molar-refractivity contribution in [2.45, 2.75) is 46.8 Å². The Kier molecular flexibility index (Phi) is 4.17. The molecule has 0 aromatic heterocycles. The van der Waals surface area contributed by atoms with Gasteiger partial charge in [0.25, 0.3) is 5.91 Å². The number of amides is 1. The number of likely N-dealkylation sites (N-methyl/N-ethyl adjacent to an activating group) is 1. The Morgan fingerprint density at radius 2 is 1.67 bits per heavy atom. The Balaban J connectivity index is 2.92. The maximum atomic E-state index is 11.9. The van der Waals surface area contributed by atoms with Gasteiger partial charge >= 0.3 is 0 Å². The number of aryl methyl sites for hydroxylation is 3. The van der Waals surface area contributed by atoms with Crippen molar-refractivity contribution in [2.24, 2.45) is 0 Å². The summed E-state index contributed by atoms with van der Waals surface area (Å²) in [7, 11) is 1.72. The van der Waals surface area contributed by atoms with Gasteiger partial charge in [-0.1, -0.05) is 12.1 Å². The van der Waals surface area contributed by atoms with Gasteiger partial charge in [-0.25, -0.2) is 0 Å². The Morgan fingerprint density at radius 3 is 2.17 bits per heavy atom. The van der Waals surface area contributed by atoms with E-state index in [1.807, 2.05) is 6.92 Å². The molecule has 0 bridgehead atoms. The van der Waals surface area contributed by atoms with E-state index in [1.165, 1.54) is 30.5 Å². The first-order valence-corrected chi connectivity index (χ1v) is 6.17. The number of carbonyl (C=O) groups is 1. The molecule has 0 atom stereocenters. The van der Waals surface area contributed by atoms with Crippen molar-refractivity contribution in [1.29, 1.82) is 0 Å². The van der Waals surface area contributed by atoms with Crippen molar-refractivity contribution in [1.82, 2.24) is 4.90 Å². The van der Waals surface area contributed by atoms with Crippen LogP contribution in [0.1, 0.15) is 36.1 Å². The van der Waals surface area contributed by atoms with Crippen LogP contribution < -0.4 is 0 Å². The summed E-state index contributed by atoms with van der Waals surface area (Å²) in [4.78, 5) is 13.5. The summed E-state index contributed by atoms with van der Waals surface area (Å²) < 4.78 is 0. The highest BCUT2D eigenvalue weighted by Gasteiger charge is 2.27. The molecule has 3 heteroatoms. The summed E-state index contributed by atoms with van der Waals surface area (Å²) in [6.45, 7) is 9.74. The molecule has 1 aromatic carbocycles. The van der Waals surface area contributed by atoms with Gasteiger partial charge in [-0.2, -0.15) is 0 Å². The molecule has 1 aromatic rings. The van der Waals surface area contributed by atoms with Crippen LogP contribution in [0.15, 0.2) is 12.1 Å². The molecule has 1 rings (SSSR count). The molecule has 0 aliphatic heterocycles. The normalized spacial score (nSPS) is 11.5. The van der Waals surface area contributed by atoms with Crippen molar-refractivity contribution < 1.29 is 9.90 Å². The van der Waals surface area contributed by atoms with Crippen molar-refractivity contribution in [3.8, 4) is 0 Å². The SMILES string of the molecule is Cc1cc(C)c(CN(C)C(=O)C(C)(C)O)cc1C. The first-order chi connectivity index (χ1) is 8.12. The quantitative estimate of drug-likeness (QED) is 0.893. The highest BCUT2D eigenvalue weighted by Crippen LogP contribution is 2.18. The largest absolute Gasteiger partial charge is 0.381 e. The number of hydrogen-bond donors (Lipinski definition) is 1. The lowest BCUT2D eigenvalue weighted by Gasteiger charge is -2.25. The molecular formula is C15H23NO2. The maximum absolute atomic E-state index is 11.9. The van der Waals surface area contributed by atoms with Crippen LogP contribution in [-0.4, -0.2) is 28.6 Å². The Bertz CT molecular complexity index is 458. The molecular weight excluding hydrogens is 226 g/mol. The average Bonchev–Trinajstić information content (AvgIpc) is 2.23. The molecule has 0 saturated carbocycles. The van der Waals surface area contributed by atoms with Gasteiger partial charge in [-0.3, -0.25) is 4.79 Å². The zero-order chi connectivity index (χ0) is 14.1. The molecule has 100 valence electrons. The number of aliphatic hydroxyl groups is 1. The second kappa shape index (κ2) is 5.11. The van der Waals surface area contributed by atoms with Crippen molar-refractivity contribution >= 4 is 5.91 Å². The van der Waals surface area contributed by atoms with Gasteiger partial charge in [0.2, 0.25) is 0 Å². The van der Waals surface area contributed by atoms with Gasteiger partial charge < -0.3 is 10.0 Å². The Labute approximate surface area is 109 Å². The molecule has 0 heterocycles. The number of hydrogen-bond acceptors (Lipinski definition) is 2. The minimum absolute atomic E-state index is 0.264. The van der Waals surface area contributed by atoms with Gasteiger partial charge in [-0.05, 0) is 56.9 Å². The number of nitrogens with zero attached hydrogens (tertiary/aromatic N) is 1. The molecule has 1 N–H and O–H groups in total. The molecule has 3 nitrogen and oxygen atoms in total. The fraction of sp³-hybridized carbons (Fsp3) is 0.533. The topological polar surface area (TPSA) is 40.5 Å². The van der Waals surface area contributed by atoms with Crippen LogP contribution >= 0.6 is 0 Å². The monoisotopic (exact) mass is 249 g/mol. The minimum Gasteiger partial charge on any atom is -0.381 e. The summed E-state index contributed by atoms with van der Waals surface area (Å²) in [6, 6.07) is 4.24. The second-order valence-corrected chi connectivity index (χ2v) is 5.58. The van der Waals surface area contributed by atoms with Gasteiger partial charge in [0.05, 0.1) is 0 Å². The van der Waals surface area contributed by atoms with E-state index in [1.54, 1.807) is 11.9 Å². The van der Waals surface area contributed by atoms with E-state index in [0.717, 1.165) is 5.56 Å². The molecule has 1 amide bonds. The van der Waals surface area contributed by atoms with E-state index >= 15 is 0 Å². The first-order valence-electron chi connectivity index (χ1n) is 6.17. The standard InChI is InChI=1S/C15H23NO2/c1-10-7-12(3)13(8-11(10)2)9-16(6)14(17)15(4,5)18/h7-8,18H,9H2,1-6H3. The van der Waals surface area contributed by atoms with Crippen molar-refractivity contribution in [3.63, 3.8) is 0 Å². The molecule has 0 aliphatic rings. The van der Waals surface area contributed by atoms with Gasteiger partial charge in [0.15, 0.2) is 0 Å². The fourth-order valence-electron chi connectivity index (χ4n) is 1.99. The number of rotatable bonds is 3. The van der Waals surface area contributed by atoms with E-state index in [0.29, 0.717) is 6.54 Å². The summed E-state index contributed by atoms with van der Waals surface area (Å²) in [5, 5.41) is 9.71.